The molecular formula is C18H26N6O4S. The average molecular weight is 423 g/mol. The molecule has 2 saturated heterocycles. The van der Waals surface area contributed by atoms with E-state index < -0.39 is 10.2 Å². The number of H-pyrrole nitrogens is 1. The van der Waals surface area contributed by atoms with Crippen molar-refractivity contribution < 1.29 is 13.2 Å². The third-order valence-corrected chi connectivity index (χ3v) is 7.12. The predicted molar refractivity (Wildman–Crippen MR) is 109 cm³/mol. The zero-order valence-corrected chi connectivity index (χ0v) is 17.2. The number of hydrogen-bond acceptors (Lipinski definition) is 7. The maximum atomic E-state index is 12.6. The third kappa shape index (κ3) is 4.74. The van der Waals surface area contributed by atoms with Crippen molar-refractivity contribution in [1.82, 2.24) is 24.0 Å². The van der Waals surface area contributed by atoms with Gasteiger partial charge in [0, 0.05) is 55.5 Å². The number of rotatable bonds is 5. The lowest BCUT2D eigenvalue weighted by Crippen LogP contribution is -2.50. The van der Waals surface area contributed by atoms with Gasteiger partial charge in [-0.05, 0) is 38.7 Å². The highest BCUT2D eigenvalue weighted by atomic mass is 32.2. The summed E-state index contributed by atoms with van der Waals surface area (Å²) in [7, 11) is -3.49. The zero-order chi connectivity index (χ0) is 20.4. The van der Waals surface area contributed by atoms with Gasteiger partial charge in [-0.3, -0.25) is 4.79 Å². The number of nitrogens with one attached hydrogen (secondary N) is 3. The van der Waals surface area contributed by atoms with E-state index in [0.717, 1.165) is 5.39 Å². The van der Waals surface area contributed by atoms with E-state index in [9.17, 15) is 13.2 Å². The molecule has 2 aliphatic rings. The Balaban J connectivity index is 1.35. The predicted octanol–water partition coefficient (Wildman–Crippen LogP) is 0.516. The van der Waals surface area contributed by atoms with Crippen LogP contribution in [0.5, 0.6) is 0 Å². The second kappa shape index (κ2) is 8.34. The molecule has 158 valence electrons. The molecule has 0 radical (unpaired) electrons. The van der Waals surface area contributed by atoms with Crippen LogP contribution in [0, 0.1) is 6.92 Å². The molecule has 4 heterocycles. The molecule has 2 aliphatic heterocycles. The van der Waals surface area contributed by atoms with Gasteiger partial charge in [0.2, 0.25) is 5.95 Å². The summed E-state index contributed by atoms with van der Waals surface area (Å²) in [5.41, 5.74) is 0.932. The Labute approximate surface area is 169 Å². The quantitative estimate of drug-likeness (QED) is 0.640. The minimum Gasteiger partial charge on any atom is -0.381 e. The molecule has 0 aliphatic carbocycles. The highest BCUT2D eigenvalue weighted by Gasteiger charge is 2.30. The molecule has 29 heavy (non-hydrogen) atoms. The van der Waals surface area contributed by atoms with Gasteiger partial charge in [0.25, 0.3) is 15.8 Å². The highest BCUT2D eigenvalue weighted by molar-refractivity contribution is 7.87. The van der Waals surface area contributed by atoms with Gasteiger partial charge in [-0.1, -0.05) is 0 Å². The van der Waals surface area contributed by atoms with Gasteiger partial charge in [0.15, 0.2) is 0 Å². The second-order valence-electron chi connectivity index (χ2n) is 7.61. The lowest BCUT2D eigenvalue weighted by Gasteiger charge is -2.33. The Morgan fingerprint density at radius 2 is 1.90 bits per heavy atom. The number of aryl methyl sites for hydroxylation is 1. The second-order valence-corrected chi connectivity index (χ2v) is 9.31. The van der Waals surface area contributed by atoms with Crippen molar-refractivity contribution in [2.75, 3.05) is 31.6 Å². The summed E-state index contributed by atoms with van der Waals surface area (Å²) in [4.78, 5) is 23.2. The van der Waals surface area contributed by atoms with E-state index in [2.05, 4.69) is 25.0 Å². The van der Waals surface area contributed by atoms with Gasteiger partial charge < -0.3 is 15.0 Å². The van der Waals surface area contributed by atoms with Crippen LogP contribution in [0.25, 0.3) is 11.0 Å². The van der Waals surface area contributed by atoms with E-state index in [-0.39, 0.29) is 17.6 Å². The molecule has 0 atom stereocenters. The van der Waals surface area contributed by atoms with Gasteiger partial charge in [0.1, 0.15) is 5.65 Å². The summed E-state index contributed by atoms with van der Waals surface area (Å²) < 4.78 is 34.8. The largest absolute Gasteiger partial charge is 0.381 e. The minimum absolute atomic E-state index is 0.0543. The fourth-order valence-electron chi connectivity index (χ4n) is 3.70. The van der Waals surface area contributed by atoms with E-state index in [0.29, 0.717) is 69.1 Å². The molecule has 0 spiro atoms. The Morgan fingerprint density at radius 1 is 1.17 bits per heavy atom. The van der Waals surface area contributed by atoms with Crippen molar-refractivity contribution >= 4 is 27.2 Å². The Bertz CT molecular complexity index is 1030. The molecule has 2 fully saturated rings. The number of nitrogens with zero attached hydrogens (tertiary/aromatic N) is 3. The van der Waals surface area contributed by atoms with Gasteiger partial charge in [-0.15, -0.1) is 0 Å². The first-order valence-electron chi connectivity index (χ1n) is 9.89. The van der Waals surface area contributed by atoms with Crippen LogP contribution < -0.4 is 15.6 Å². The van der Waals surface area contributed by atoms with Crippen LogP contribution in [0.4, 0.5) is 5.95 Å². The van der Waals surface area contributed by atoms with Gasteiger partial charge >= 0.3 is 0 Å². The molecule has 3 N–H and O–H groups in total. The Hall–Kier alpha value is -2.08. The van der Waals surface area contributed by atoms with Crippen molar-refractivity contribution in [3.8, 4) is 0 Å². The summed E-state index contributed by atoms with van der Waals surface area (Å²) in [5.74, 6) is 0.429. The van der Waals surface area contributed by atoms with Crippen molar-refractivity contribution in [3.05, 3.63) is 28.2 Å². The van der Waals surface area contributed by atoms with Crippen LogP contribution in [0.1, 0.15) is 31.2 Å². The van der Waals surface area contributed by atoms with Crippen LogP contribution in [0.2, 0.25) is 0 Å². The van der Waals surface area contributed by atoms with E-state index in [1.165, 1.54) is 4.31 Å². The minimum atomic E-state index is -3.49. The highest BCUT2D eigenvalue weighted by Crippen LogP contribution is 2.18. The molecule has 2 aromatic heterocycles. The fraction of sp³-hybridized carbons (Fsp3) is 0.611. The van der Waals surface area contributed by atoms with Crippen LogP contribution >= 0.6 is 0 Å². The number of aromatic amines is 1. The molecule has 0 amide bonds. The first-order chi connectivity index (χ1) is 13.9. The Morgan fingerprint density at radius 3 is 2.62 bits per heavy atom. The van der Waals surface area contributed by atoms with Crippen LogP contribution in [-0.2, 0) is 14.9 Å². The van der Waals surface area contributed by atoms with Crippen LogP contribution in [0.3, 0.4) is 0 Å². The molecule has 0 saturated carbocycles. The van der Waals surface area contributed by atoms with Crippen LogP contribution in [0.15, 0.2) is 17.1 Å². The number of piperidine rings is 1. The number of fused-ring (bicyclic) bond motifs is 1. The number of ether oxygens (including phenoxy) is 1. The van der Waals surface area contributed by atoms with Crippen molar-refractivity contribution in [2.45, 2.75) is 44.7 Å². The molecule has 2 aromatic rings. The maximum Gasteiger partial charge on any atom is 0.279 e. The van der Waals surface area contributed by atoms with Gasteiger partial charge in [-0.25, -0.2) is 4.98 Å². The zero-order valence-electron chi connectivity index (χ0n) is 16.3. The SMILES string of the molecule is Cc1cc2cnc(NC3CCN(S(=O)(=O)NC4CCOCC4)CC3)nc2[nH]c1=O. The smallest absolute Gasteiger partial charge is 0.279 e. The normalized spacial score (nSPS) is 20.2. The topological polar surface area (TPSA) is 129 Å². The number of aromatic nitrogens is 3. The standard InChI is InChI=1S/C18H26N6O4S/c1-12-10-13-11-19-18(22-16(13)21-17(12)25)20-14-2-6-24(7-3-14)29(26,27)23-15-4-8-28-9-5-15/h10-11,14-15,23H,2-9H2,1H3,(H2,19,20,21,22,25). The number of anilines is 1. The van der Waals surface area contributed by atoms with E-state index in [1.54, 1.807) is 19.2 Å². The molecule has 10 nitrogen and oxygen atoms in total. The summed E-state index contributed by atoms with van der Waals surface area (Å²) in [5, 5.41) is 4.03. The maximum absolute atomic E-state index is 12.6. The monoisotopic (exact) mass is 422 g/mol. The summed E-state index contributed by atoms with van der Waals surface area (Å²) in [6.07, 6.45) is 4.39. The first-order valence-corrected chi connectivity index (χ1v) is 11.3. The lowest BCUT2D eigenvalue weighted by molar-refractivity contribution is 0.0827. The molecule has 0 unspecified atom stereocenters. The van der Waals surface area contributed by atoms with E-state index >= 15 is 0 Å². The van der Waals surface area contributed by atoms with E-state index in [4.69, 9.17) is 4.74 Å². The van der Waals surface area contributed by atoms with Crippen molar-refractivity contribution in [1.29, 1.82) is 0 Å². The van der Waals surface area contributed by atoms with E-state index in [1.807, 2.05) is 0 Å². The first kappa shape index (κ1) is 20.2. The molecule has 0 bridgehead atoms. The van der Waals surface area contributed by atoms with Gasteiger partial charge in [0.05, 0.1) is 0 Å². The fourth-order valence-corrected chi connectivity index (χ4v) is 5.19. The molecule has 4 rings (SSSR count). The summed E-state index contributed by atoms with van der Waals surface area (Å²) in [6.45, 7) is 3.79. The number of hydrogen-bond donors (Lipinski definition) is 3. The van der Waals surface area contributed by atoms with Crippen LogP contribution in [-0.4, -0.2) is 66.1 Å². The molecule has 0 aromatic carbocycles. The average Bonchev–Trinajstić information content (AvgIpc) is 2.70. The van der Waals surface area contributed by atoms with Gasteiger partial charge in [-0.2, -0.15) is 22.4 Å². The molecule has 11 heteroatoms. The number of pyridine rings is 1. The van der Waals surface area contributed by atoms with Crippen molar-refractivity contribution in [3.63, 3.8) is 0 Å². The summed E-state index contributed by atoms with van der Waals surface area (Å²) >= 11 is 0. The summed E-state index contributed by atoms with van der Waals surface area (Å²) in [6, 6.07) is 1.77. The Kier molecular flexibility index (Phi) is 5.81. The van der Waals surface area contributed by atoms with Crippen molar-refractivity contribution in [2.24, 2.45) is 0 Å². The molecular weight excluding hydrogens is 396 g/mol. The lowest BCUT2D eigenvalue weighted by atomic mass is 10.1. The third-order valence-electron chi connectivity index (χ3n) is 5.44.